The molecule has 1 fully saturated rings. The lowest BCUT2D eigenvalue weighted by atomic mass is 10.0. The van der Waals surface area contributed by atoms with Gasteiger partial charge in [0.25, 0.3) is 5.91 Å². The number of phenolic OH excluding ortho intramolecular Hbond substituents is 1. The zero-order valence-electron chi connectivity index (χ0n) is 11.0. The predicted octanol–water partition coefficient (Wildman–Crippen LogP) is 0.744. The SMILES string of the molecule is O=C([C@H]1CC(c2ccccc2O)=NO1)N1CCOCC1. The average molecular weight is 276 g/mol. The third kappa shape index (κ3) is 2.46. The molecule has 1 N–H and O–H groups in total. The molecule has 1 amide bonds. The lowest BCUT2D eigenvalue weighted by Gasteiger charge is -2.28. The summed E-state index contributed by atoms with van der Waals surface area (Å²) in [6, 6.07) is 6.91. The Kier molecular flexibility index (Phi) is 3.56. The van der Waals surface area contributed by atoms with Crippen LogP contribution in [-0.2, 0) is 14.4 Å². The minimum atomic E-state index is -0.595. The van der Waals surface area contributed by atoms with Crippen LogP contribution in [0.25, 0.3) is 0 Å². The van der Waals surface area contributed by atoms with Crippen LogP contribution in [-0.4, -0.2) is 54.0 Å². The van der Waals surface area contributed by atoms with E-state index in [4.69, 9.17) is 9.57 Å². The average Bonchev–Trinajstić information content (AvgIpc) is 2.97. The van der Waals surface area contributed by atoms with Crippen molar-refractivity contribution in [2.75, 3.05) is 26.3 Å². The molecule has 3 rings (SSSR count). The zero-order valence-corrected chi connectivity index (χ0v) is 11.0. The quantitative estimate of drug-likeness (QED) is 0.865. The normalized spacial score (nSPS) is 22.3. The highest BCUT2D eigenvalue weighted by molar-refractivity contribution is 6.05. The molecule has 0 spiro atoms. The van der Waals surface area contributed by atoms with Crippen LogP contribution >= 0.6 is 0 Å². The highest BCUT2D eigenvalue weighted by Gasteiger charge is 2.33. The summed E-state index contributed by atoms with van der Waals surface area (Å²) in [6.45, 7) is 2.30. The van der Waals surface area contributed by atoms with E-state index in [2.05, 4.69) is 5.16 Å². The Morgan fingerprint density at radius 1 is 1.30 bits per heavy atom. The van der Waals surface area contributed by atoms with Gasteiger partial charge in [-0.1, -0.05) is 17.3 Å². The first-order chi connectivity index (χ1) is 9.75. The number of morpholine rings is 1. The first-order valence-electron chi connectivity index (χ1n) is 6.63. The molecule has 1 atom stereocenters. The molecule has 0 unspecified atom stereocenters. The van der Waals surface area contributed by atoms with E-state index in [1.54, 1.807) is 23.1 Å². The summed E-state index contributed by atoms with van der Waals surface area (Å²) < 4.78 is 5.22. The number of nitrogens with zero attached hydrogens (tertiary/aromatic N) is 2. The van der Waals surface area contributed by atoms with Crippen molar-refractivity contribution in [3.8, 4) is 5.75 Å². The number of carbonyl (C=O) groups excluding carboxylic acids is 1. The maximum atomic E-state index is 12.3. The van der Waals surface area contributed by atoms with Gasteiger partial charge < -0.3 is 19.6 Å². The van der Waals surface area contributed by atoms with Gasteiger partial charge in [-0.3, -0.25) is 4.79 Å². The number of aromatic hydroxyl groups is 1. The second-order valence-corrected chi connectivity index (χ2v) is 4.79. The second-order valence-electron chi connectivity index (χ2n) is 4.79. The minimum Gasteiger partial charge on any atom is -0.507 e. The summed E-state index contributed by atoms with van der Waals surface area (Å²) in [4.78, 5) is 19.2. The molecule has 0 aromatic heterocycles. The number of amides is 1. The second kappa shape index (κ2) is 5.50. The Morgan fingerprint density at radius 2 is 2.05 bits per heavy atom. The van der Waals surface area contributed by atoms with Crippen molar-refractivity contribution in [2.24, 2.45) is 5.16 Å². The maximum absolute atomic E-state index is 12.3. The van der Waals surface area contributed by atoms with Gasteiger partial charge in [0.1, 0.15) is 5.75 Å². The van der Waals surface area contributed by atoms with Crippen LogP contribution in [0.5, 0.6) is 5.75 Å². The Balaban J connectivity index is 1.66. The third-order valence-corrected chi connectivity index (χ3v) is 3.48. The summed E-state index contributed by atoms with van der Waals surface area (Å²) in [5.41, 5.74) is 1.22. The fourth-order valence-electron chi connectivity index (χ4n) is 2.37. The predicted molar refractivity (Wildman–Crippen MR) is 71.5 cm³/mol. The van der Waals surface area contributed by atoms with Crippen LogP contribution in [0.2, 0.25) is 0 Å². The molecule has 6 nitrogen and oxygen atoms in total. The molecule has 0 aliphatic carbocycles. The number of phenols is 1. The highest BCUT2D eigenvalue weighted by Crippen LogP contribution is 2.24. The van der Waals surface area contributed by atoms with E-state index in [0.29, 0.717) is 44.0 Å². The Morgan fingerprint density at radius 3 is 2.80 bits per heavy atom. The summed E-state index contributed by atoms with van der Waals surface area (Å²) in [6.07, 6.45) is -0.212. The number of benzene rings is 1. The molecule has 20 heavy (non-hydrogen) atoms. The topological polar surface area (TPSA) is 71.4 Å². The maximum Gasteiger partial charge on any atom is 0.267 e. The van der Waals surface area contributed by atoms with Crippen LogP contribution in [0.1, 0.15) is 12.0 Å². The fraction of sp³-hybridized carbons (Fsp3) is 0.429. The van der Waals surface area contributed by atoms with Gasteiger partial charge >= 0.3 is 0 Å². The van der Waals surface area contributed by atoms with Crippen molar-refractivity contribution in [3.63, 3.8) is 0 Å². The standard InChI is InChI=1S/C14H16N2O4/c17-12-4-2-1-3-10(12)11-9-13(20-15-11)14(18)16-5-7-19-8-6-16/h1-4,13,17H,5-9H2/t13-/m1/s1. The third-order valence-electron chi connectivity index (χ3n) is 3.48. The van der Waals surface area contributed by atoms with Gasteiger partial charge in [-0.2, -0.15) is 0 Å². The first kappa shape index (κ1) is 12.9. The number of hydrogen-bond acceptors (Lipinski definition) is 5. The molecule has 2 aliphatic rings. The Labute approximate surface area is 116 Å². The number of oxime groups is 1. The van der Waals surface area contributed by atoms with E-state index in [9.17, 15) is 9.90 Å². The van der Waals surface area contributed by atoms with Crippen molar-refractivity contribution in [1.29, 1.82) is 0 Å². The molecule has 1 aromatic rings. The monoisotopic (exact) mass is 276 g/mol. The number of ether oxygens (including phenoxy) is 1. The molecular formula is C14H16N2O4. The molecular weight excluding hydrogens is 260 g/mol. The van der Waals surface area contributed by atoms with E-state index in [-0.39, 0.29) is 11.7 Å². The van der Waals surface area contributed by atoms with Crippen molar-refractivity contribution in [1.82, 2.24) is 4.90 Å². The molecule has 1 aromatic carbocycles. The molecule has 2 aliphatic heterocycles. The zero-order chi connectivity index (χ0) is 13.9. The van der Waals surface area contributed by atoms with Crippen molar-refractivity contribution < 1.29 is 19.5 Å². The van der Waals surface area contributed by atoms with Crippen LogP contribution in [0.15, 0.2) is 29.4 Å². The number of para-hydroxylation sites is 1. The lowest BCUT2D eigenvalue weighted by Crippen LogP contribution is -2.45. The summed E-state index contributed by atoms with van der Waals surface area (Å²) in [5, 5.41) is 13.7. The molecule has 0 saturated carbocycles. The van der Waals surface area contributed by atoms with E-state index in [1.165, 1.54) is 0 Å². The molecule has 1 saturated heterocycles. The van der Waals surface area contributed by atoms with Crippen LogP contribution < -0.4 is 0 Å². The van der Waals surface area contributed by atoms with E-state index in [0.717, 1.165) is 0 Å². The Hall–Kier alpha value is -2.08. The van der Waals surface area contributed by atoms with Crippen molar-refractivity contribution in [2.45, 2.75) is 12.5 Å². The molecule has 0 bridgehead atoms. The number of hydrogen-bond donors (Lipinski definition) is 1. The minimum absolute atomic E-state index is 0.0672. The van der Waals surface area contributed by atoms with E-state index in [1.807, 2.05) is 6.07 Å². The number of rotatable bonds is 2. The fourth-order valence-corrected chi connectivity index (χ4v) is 2.37. The van der Waals surface area contributed by atoms with Gasteiger partial charge in [0, 0.05) is 25.1 Å². The summed E-state index contributed by atoms with van der Waals surface area (Å²) in [7, 11) is 0. The van der Waals surface area contributed by atoms with Crippen molar-refractivity contribution >= 4 is 11.6 Å². The van der Waals surface area contributed by atoms with Gasteiger partial charge in [0.05, 0.1) is 18.9 Å². The van der Waals surface area contributed by atoms with Crippen LogP contribution in [0.4, 0.5) is 0 Å². The Bertz CT molecular complexity index is 538. The van der Waals surface area contributed by atoms with Gasteiger partial charge in [0.15, 0.2) is 0 Å². The molecule has 106 valence electrons. The largest absolute Gasteiger partial charge is 0.507 e. The number of carbonyl (C=O) groups is 1. The molecule has 0 radical (unpaired) electrons. The van der Waals surface area contributed by atoms with Gasteiger partial charge in [-0.15, -0.1) is 0 Å². The van der Waals surface area contributed by atoms with E-state index < -0.39 is 6.10 Å². The molecule has 6 heteroatoms. The molecule has 2 heterocycles. The summed E-state index contributed by atoms with van der Waals surface area (Å²) in [5.74, 6) is 0.0804. The lowest BCUT2D eigenvalue weighted by molar-refractivity contribution is -0.146. The highest BCUT2D eigenvalue weighted by atomic mass is 16.6. The van der Waals surface area contributed by atoms with Gasteiger partial charge in [-0.05, 0) is 12.1 Å². The van der Waals surface area contributed by atoms with Crippen LogP contribution in [0.3, 0.4) is 0 Å². The van der Waals surface area contributed by atoms with Gasteiger partial charge in [-0.25, -0.2) is 0 Å². The van der Waals surface area contributed by atoms with Crippen molar-refractivity contribution in [3.05, 3.63) is 29.8 Å². The van der Waals surface area contributed by atoms with E-state index >= 15 is 0 Å². The first-order valence-corrected chi connectivity index (χ1v) is 6.63. The summed E-state index contributed by atoms with van der Waals surface area (Å²) >= 11 is 0. The van der Waals surface area contributed by atoms with Crippen LogP contribution in [0, 0.1) is 0 Å². The smallest absolute Gasteiger partial charge is 0.267 e. The van der Waals surface area contributed by atoms with Gasteiger partial charge in [0.2, 0.25) is 6.10 Å².